The number of carbonyl (C=O) groups is 2. The minimum Gasteiger partial charge on any atom is -0.325 e. The molecule has 0 saturated carbocycles. The lowest BCUT2D eigenvalue weighted by atomic mass is 10.1. The van der Waals surface area contributed by atoms with Crippen molar-refractivity contribution < 1.29 is 18.4 Å². The largest absolute Gasteiger partial charge is 0.325 e. The van der Waals surface area contributed by atoms with Gasteiger partial charge in [-0.3, -0.25) is 9.59 Å². The first kappa shape index (κ1) is 22.0. The van der Waals surface area contributed by atoms with E-state index >= 15 is 0 Å². The second-order valence-corrected chi connectivity index (χ2v) is 8.13. The molecule has 0 spiro atoms. The molecule has 156 valence electrons. The average molecular weight is 449 g/mol. The predicted octanol–water partition coefficient (Wildman–Crippen LogP) is 3.94. The molecule has 0 radical (unpaired) electrons. The number of hydrogen-bond donors (Lipinski definition) is 1. The summed E-state index contributed by atoms with van der Waals surface area (Å²) in [6, 6.07) is 12.3. The van der Waals surface area contributed by atoms with Gasteiger partial charge in [-0.1, -0.05) is 30.0 Å². The Morgan fingerprint density at radius 3 is 2.53 bits per heavy atom. The van der Waals surface area contributed by atoms with Crippen molar-refractivity contribution >= 4 is 40.9 Å². The minimum atomic E-state index is -1.06. The monoisotopic (exact) mass is 448 g/mol. The molecule has 3 rings (SSSR count). The quantitative estimate of drug-likeness (QED) is 0.395. The summed E-state index contributed by atoms with van der Waals surface area (Å²) in [5, 5.41) is 11.5. The number of aromatic nitrogens is 3. The van der Waals surface area contributed by atoms with Gasteiger partial charge in [0.2, 0.25) is 5.91 Å². The van der Waals surface area contributed by atoms with Crippen molar-refractivity contribution in [3.05, 3.63) is 71.6 Å². The van der Waals surface area contributed by atoms with E-state index in [0.29, 0.717) is 16.7 Å². The van der Waals surface area contributed by atoms with Crippen LogP contribution in [0.5, 0.6) is 0 Å². The van der Waals surface area contributed by atoms with Gasteiger partial charge in [0.15, 0.2) is 22.6 Å². The van der Waals surface area contributed by atoms with Gasteiger partial charge in [0.05, 0.1) is 17.3 Å². The van der Waals surface area contributed by atoms with Crippen LogP contribution in [0.1, 0.15) is 16.2 Å². The number of para-hydroxylation sites is 1. The van der Waals surface area contributed by atoms with Gasteiger partial charge in [-0.2, -0.15) is 0 Å². The summed E-state index contributed by atoms with van der Waals surface area (Å²) in [5.41, 5.74) is 0.843. The fourth-order valence-electron chi connectivity index (χ4n) is 2.43. The van der Waals surface area contributed by atoms with Crippen molar-refractivity contribution in [3.63, 3.8) is 0 Å². The van der Waals surface area contributed by atoms with Gasteiger partial charge in [0.25, 0.3) is 0 Å². The molecule has 2 aromatic carbocycles. The van der Waals surface area contributed by atoms with Crippen molar-refractivity contribution in [2.24, 2.45) is 7.05 Å². The lowest BCUT2D eigenvalue weighted by Crippen LogP contribution is -2.14. The highest BCUT2D eigenvalue weighted by Crippen LogP contribution is 2.20. The van der Waals surface area contributed by atoms with Gasteiger partial charge in [-0.25, -0.2) is 8.78 Å². The van der Waals surface area contributed by atoms with Crippen molar-refractivity contribution in [1.29, 1.82) is 0 Å². The zero-order valence-corrected chi connectivity index (χ0v) is 17.6. The molecule has 1 aromatic heterocycles. The van der Waals surface area contributed by atoms with E-state index in [-0.39, 0.29) is 28.8 Å². The maximum Gasteiger partial charge on any atom is 0.234 e. The number of Topliss-reactive ketones (excluding diaryl/α,β-unsaturated/α-hetero) is 1. The third kappa shape index (κ3) is 5.90. The van der Waals surface area contributed by atoms with Crippen LogP contribution >= 0.6 is 23.5 Å². The number of halogens is 2. The molecule has 1 N–H and O–H groups in total. The Bertz CT molecular complexity index is 1040. The normalized spacial score (nSPS) is 10.8. The number of hydrogen-bond acceptors (Lipinski definition) is 6. The molecule has 0 bridgehead atoms. The molecule has 0 aliphatic rings. The summed E-state index contributed by atoms with van der Waals surface area (Å²) >= 11 is 2.55. The molecule has 3 aromatic rings. The van der Waals surface area contributed by atoms with E-state index in [1.54, 1.807) is 11.6 Å². The van der Waals surface area contributed by atoms with E-state index < -0.39 is 11.6 Å². The van der Waals surface area contributed by atoms with E-state index in [1.165, 1.54) is 17.8 Å². The molecule has 0 aliphatic carbocycles. The van der Waals surface area contributed by atoms with Gasteiger partial charge in [-0.15, -0.1) is 22.0 Å². The van der Waals surface area contributed by atoms with E-state index in [0.717, 1.165) is 29.6 Å². The first-order chi connectivity index (χ1) is 14.4. The fraction of sp³-hybridized carbons (Fsp3) is 0.200. The summed E-state index contributed by atoms with van der Waals surface area (Å²) in [5.74, 6) is -1.08. The SMILES string of the molecule is Cn1c(CSCC(=O)Nc2ccccc2)nnc1SCC(=O)c1ccc(F)c(F)c1. The Hall–Kier alpha value is -2.72. The van der Waals surface area contributed by atoms with Gasteiger partial charge < -0.3 is 9.88 Å². The molecule has 1 amide bonds. The minimum absolute atomic E-state index is 0.0175. The van der Waals surface area contributed by atoms with E-state index in [2.05, 4.69) is 15.5 Å². The highest BCUT2D eigenvalue weighted by atomic mass is 32.2. The third-order valence-corrected chi connectivity index (χ3v) is 5.97. The van der Waals surface area contributed by atoms with Crippen molar-refractivity contribution in [2.75, 3.05) is 16.8 Å². The summed E-state index contributed by atoms with van der Waals surface area (Å²) in [6.07, 6.45) is 0. The van der Waals surface area contributed by atoms with Crippen molar-refractivity contribution in [1.82, 2.24) is 14.8 Å². The number of benzene rings is 2. The number of rotatable bonds is 9. The van der Waals surface area contributed by atoms with Crippen LogP contribution in [0.3, 0.4) is 0 Å². The summed E-state index contributed by atoms with van der Waals surface area (Å²) in [6.45, 7) is 0. The van der Waals surface area contributed by atoms with Crippen LogP contribution in [0, 0.1) is 11.6 Å². The molecule has 0 fully saturated rings. The van der Waals surface area contributed by atoms with E-state index in [4.69, 9.17) is 0 Å². The number of ketones is 1. The molecule has 10 heteroatoms. The number of thioether (sulfide) groups is 2. The molecular formula is C20H18F2N4O2S2. The molecular weight excluding hydrogens is 430 g/mol. The standard InChI is InChI=1S/C20H18F2N4O2S2/c1-26-18(11-29-12-19(28)23-14-5-3-2-4-6-14)24-25-20(26)30-10-17(27)13-7-8-15(21)16(22)9-13/h2-9H,10-12H2,1H3,(H,23,28). The number of nitrogens with zero attached hydrogens (tertiary/aromatic N) is 3. The Labute approximate surface area is 180 Å². The number of amides is 1. The van der Waals surface area contributed by atoms with E-state index in [1.807, 2.05) is 30.3 Å². The Balaban J connectivity index is 1.47. The Morgan fingerprint density at radius 2 is 1.80 bits per heavy atom. The van der Waals surface area contributed by atoms with Gasteiger partial charge >= 0.3 is 0 Å². The van der Waals surface area contributed by atoms with Crippen LogP contribution in [0.15, 0.2) is 53.7 Å². The van der Waals surface area contributed by atoms with Gasteiger partial charge in [-0.05, 0) is 30.3 Å². The highest BCUT2D eigenvalue weighted by molar-refractivity contribution is 8.00. The zero-order chi connectivity index (χ0) is 21.5. The molecule has 0 unspecified atom stereocenters. The highest BCUT2D eigenvalue weighted by Gasteiger charge is 2.14. The topological polar surface area (TPSA) is 76.9 Å². The molecule has 0 atom stereocenters. The van der Waals surface area contributed by atoms with Crippen LogP contribution < -0.4 is 5.32 Å². The van der Waals surface area contributed by atoms with Crippen LogP contribution in [-0.4, -0.2) is 38.0 Å². The number of anilines is 1. The first-order valence-corrected chi connectivity index (χ1v) is 11.0. The lowest BCUT2D eigenvalue weighted by Gasteiger charge is -2.06. The Morgan fingerprint density at radius 1 is 1.03 bits per heavy atom. The third-order valence-electron chi connectivity index (χ3n) is 4.02. The van der Waals surface area contributed by atoms with Crippen LogP contribution in [0.4, 0.5) is 14.5 Å². The van der Waals surface area contributed by atoms with Gasteiger partial charge in [0, 0.05) is 18.3 Å². The van der Waals surface area contributed by atoms with Gasteiger partial charge in [0.1, 0.15) is 5.82 Å². The molecule has 0 aliphatic heterocycles. The van der Waals surface area contributed by atoms with Crippen LogP contribution in [0.2, 0.25) is 0 Å². The van der Waals surface area contributed by atoms with Crippen molar-refractivity contribution in [2.45, 2.75) is 10.9 Å². The fourth-order valence-corrected chi connectivity index (χ4v) is 4.05. The molecule has 30 heavy (non-hydrogen) atoms. The summed E-state index contributed by atoms with van der Waals surface area (Å²) in [7, 11) is 1.77. The Kier molecular flexibility index (Phi) is 7.58. The summed E-state index contributed by atoms with van der Waals surface area (Å²) in [4.78, 5) is 24.2. The van der Waals surface area contributed by atoms with Crippen LogP contribution in [0.25, 0.3) is 0 Å². The average Bonchev–Trinajstić information content (AvgIpc) is 3.08. The maximum absolute atomic E-state index is 13.3. The van der Waals surface area contributed by atoms with E-state index in [9.17, 15) is 18.4 Å². The number of carbonyl (C=O) groups excluding carboxylic acids is 2. The van der Waals surface area contributed by atoms with Crippen molar-refractivity contribution in [3.8, 4) is 0 Å². The van der Waals surface area contributed by atoms with Crippen LogP contribution in [-0.2, 0) is 17.6 Å². The maximum atomic E-state index is 13.3. The number of nitrogens with one attached hydrogen (secondary N) is 1. The zero-order valence-electron chi connectivity index (χ0n) is 16.0. The molecule has 0 saturated heterocycles. The smallest absolute Gasteiger partial charge is 0.234 e. The predicted molar refractivity (Wildman–Crippen MR) is 114 cm³/mol. The molecule has 1 heterocycles. The summed E-state index contributed by atoms with van der Waals surface area (Å²) < 4.78 is 28.0. The molecule has 6 nitrogen and oxygen atoms in total. The second kappa shape index (κ2) is 10.4. The second-order valence-electron chi connectivity index (χ2n) is 6.21. The first-order valence-electron chi connectivity index (χ1n) is 8.86. The lowest BCUT2D eigenvalue weighted by molar-refractivity contribution is -0.113.